The van der Waals surface area contributed by atoms with Gasteiger partial charge in [0, 0.05) is 0 Å². The molecular formula is C20H20N4O4S2. The smallest absolute Gasteiger partial charge is 0.243 e. The van der Waals surface area contributed by atoms with Crippen LogP contribution in [0.15, 0.2) is 58.3 Å². The summed E-state index contributed by atoms with van der Waals surface area (Å²) in [6.45, 7) is 1.21. The number of rotatable bonds is 0. The summed E-state index contributed by atoms with van der Waals surface area (Å²) in [4.78, 5) is 0.519. The lowest BCUT2D eigenvalue weighted by atomic mass is 10.3. The second kappa shape index (κ2) is 9.65. The zero-order chi connectivity index (χ0) is 21.5. The lowest BCUT2D eigenvalue weighted by molar-refractivity contribution is 0.584. The van der Waals surface area contributed by atoms with E-state index in [9.17, 15) is 16.8 Å². The molecule has 0 aliphatic carbocycles. The molecule has 4 rings (SSSR count). The first-order valence-electron chi connectivity index (χ1n) is 8.97. The van der Waals surface area contributed by atoms with Crippen LogP contribution in [-0.2, 0) is 20.0 Å². The zero-order valence-electron chi connectivity index (χ0n) is 15.9. The molecular weight excluding hydrogens is 424 g/mol. The standard InChI is InChI=1S/2C10H10N2O2S/c2*13-15(14)10-6-2-1-5-9(10)11-7-3-4-8-12-15/h2*1-2,5-6,11-12H,7-8H2. The third-order valence-electron chi connectivity index (χ3n) is 4.04. The van der Waals surface area contributed by atoms with E-state index >= 15 is 0 Å². The van der Waals surface area contributed by atoms with E-state index in [1.165, 1.54) is 0 Å². The third-order valence-corrected chi connectivity index (χ3v) is 6.96. The van der Waals surface area contributed by atoms with Gasteiger partial charge in [0.2, 0.25) is 20.0 Å². The van der Waals surface area contributed by atoms with Crippen molar-refractivity contribution in [2.45, 2.75) is 9.79 Å². The van der Waals surface area contributed by atoms with Crippen molar-refractivity contribution in [3.8, 4) is 23.7 Å². The second-order valence-electron chi connectivity index (χ2n) is 6.06. The molecule has 10 heteroatoms. The summed E-state index contributed by atoms with van der Waals surface area (Å²) in [5.41, 5.74) is 1.17. The van der Waals surface area contributed by atoms with Gasteiger partial charge in [0.25, 0.3) is 0 Å². The summed E-state index contributed by atoms with van der Waals surface area (Å²) in [6, 6.07) is 13.5. The average Bonchev–Trinajstić information content (AvgIpc) is 2.85. The highest BCUT2D eigenvalue weighted by Crippen LogP contribution is 2.21. The number of benzene rings is 2. The number of para-hydroxylation sites is 2. The molecule has 0 saturated carbocycles. The number of sulfonamides is 2. The Labute approximate surface area is 176 Å². The fourth-order valence-corrected chi connectivity index (χ4v) is 4.85. The molecule has 0 radical (unpaired) electrons. The van der Waals surface area contributed by atoms with Gasteiger partial charge in [-0.05, 0) is 24.3 Å². The topological polar surface area (TPSA) is 116 Å². The summed E-state index contributed by atoms with van der Waals surface area (Å²) < 4.78 is 52.0. The van der Waals surface area contributed by atoms with Gasteiger partial charge in [-0.2, -0.15) is 9.44 Å². The molecule has 2 aliphatic heterocycles. The predicted molar refractivity (Wildman–Crippen MR) is 116 cm³/mol. The molecule has 0 spiro atoms. The number of fused-ring (bicyclic) bond motifs is 2. The van der Waals surface area contributed by atoms with Crippen molar-refractivity contribution in [2.24, 2.45) is 0 Å². The molecule has 2 heterocycles. The Morgan fingerprint density at radius 3 is 1.37 bits per heavy atom. The van der Waals surface area contributed by atoms with E-state index in [1.54, 1.807) is 48.5 Å². The molecule has 0 amide bonds. The van der Waals surface area contributed by atoms with Crippen LogP contribution in [-0.4, -0.2) is 43.0 Å². The Balaban J connectivity index is 0.000000171. The predicted octanol–water partition coefficient (Wildman–Crippen LogP) is 0.788. The van der Waals surface area contributed by atoms with E-state index in [4.69, 9.17) is 0 Å². The summed E-state index contributed by atoms with van der Waals surface area (Å²) in [5.74, 6) is 11.1. The molecule has 0 fully saturated rings. The Morgan fingerprint density at radius 1 is 0.567 bits per heavy atom. The first kappa shape index (κ1) is 21.7. The second-order valence-corrected chi connectivity index (χ2v) is 9.53. The van der Waals surface area contributed by atoms with E-state index in [0.29, 0.717) is 24.5 Å². The Kier molecular flexibility index (Phi) is 6.98. The van der Waals surface area contributed by atoms with E-state index in [2.05, 4.69) is 43.8 Å². The summed E-state index contributed by atoms with van der Waals surface area (Å²) in [7, 11) is -6.88. The molecule has 2 aliphatic rings. The number of nitrogens with one attached hydrogen (secondary N) is 4. The van der Waals surface area contributed by atoms with Gasteiger partial charge in [0.05, 0.1) is 37.6 Å². The lowest BCUT2D eigenvalue weighted by Gasteiger charge is -2.09. The highest BCUT2D eigenvalue weighted by Gasteiger charge is 2.18. The molecule has 0 unspecified atom stereocenters. The van der Waals surface area contributed by atoms with Crippen LogP contribution >= 0.6 is 0 Å². The largest absolute Gasteiger partial charge is 0.373 e. The first-order chi connectivity index (χ1) is 14.4. The molecule has 156 valence electrons. The highest BCUT2D eigenvalue weighted by atomic mass is 32.2. The maximum Gasteiger partial charge on any atom is 0.243 e. The number of hydrogen-bond donors (Lipinski definition) is 4. The summed E-state index contributed by atoms with van der Waals surface area (Å²) >= 11 is 0. The lowest BCUT2D eigenvalue weighted by Crippen LogP contribution is -2.24. The van der Waals surface area contributed by atoms with Crippen LogP contribution in [0.2, 0.25) is 0 Å². The van der Waals surface area contributed by atoms with E-state index in [0.717, 1.165) is 0 Å². The van der Waals surface area contributed by atoms with Crippen LogP contribution in [0.25, 0.3) is 0 Å². The summed E-state index contributed by atoms with van der Waals surface area (Å²) in [6.07, 6.45) is 0. The van der Waals surface area contributed by atoms with E-state index in [1.807, 2.05) is 0 Å². The molecule has 8 nitrogen and oxygen atoms in total. The van der Waals surface area contributed by atoms with Crippen molar-refractivity contribution in [1.82, 2.24) is 9.44 Å². The van der Waals surface area contributed by atoms with Gasteiger partial charge >= 0.3 is 0 Å². The number of hydrogen-bond acceptors (Lipinski definition) is 6. The molecule has 0 aromatic heterocycles. The Bertz CT molecular complexity index is 1150. The van der Waals surface area contributed by atoms with Gasteiger partial charge in [-0.15, -0.1) is 0 Å². The zero-order valence-corrected chi connectivity index (χ0v) is 17.5. The van der Waals surface area contributed by atoms with Crippen molar-refractivity contribution in [1.29, 1.82) is 0 Å². The van der Waals surface area contributed by atoms with Gasteiger partial charge in [0.15, 0.2) is 0 Å². The Morgan fingerprint density at radius 2 is 0.933 bits per heavy atom. The van der Waals surface area contributed by atoms with Gasteiger partial charge in [-0.25, -0.2) is 16.8 Å². The number of anilines is 2. The van der Waals surface area contributed by atoms with E-state index in [-0.39, 0.29) is 22.9 Å². The quantitative estimate of drug-likeness (QED) is 0.447. The molecule has 2 aromatic rings. The molecule has 30 heavy (non-hydrogen) atoms. The van der Waals surface area contributed by atoms with Crippen LogP contribution in [0.4, 0.5) is 11.4 Å². The fourth-order valence-electron chi connectivity index (χ4n) is 2.64. The molecule has 0 saturated heterocycles. The van der Waals surface area contributed by atoms with Crippen LogP contribution in [0.5, 0.6) is 0 Å². The van der Waals surface area contributed by atoms with Crippen molar-refractivity contribution < 1.29 is 16.8 Å². The molecule has 2 aromatic carbocycles. The molecule has 4 N–H and O–H groups in total. The molecule has 0 bridgehead atoms. The van der Waals surface area contributed by atoms with Gasteiger partial charge < -0.3 is 10.6 Å². The van der Waals surface area contributed by atoms with E-state index < -0.39 is 20.0 Å². The maximum atomic E-state index is 11.8. The third kappa shape index (κ3) is 5.53. The maximum absolute atomic E-state index is 11.8. The van der Waals surface area contributed by atoms with Gasteiger partial charge in [-0.3, -0.25) is 0 Å². The fraction of sp³-hybridized carbons (Fsp3) is 0.200. The van der Waals surface area contributed by atoms with Crippen molar-refractivity contribution in [3.63, 3.8) is 0 Å². The average molecular weight is 445 g/mol. The van der Waals surface area contributed by atoms with Crippen LogP contribution in [0.3, 0.4) is 0 Å². The van der Waals surface area contributed by atoms with Gasteiger partial charge in [0.1, 0.15) is 9.79 Å². The van der Waals surface area contributed by atoms with Crippen LogP contribution in [0.1, 0.15) is 0 Å². The monoisotopic (exact) mass is 444 g/mol. The minimum Gasteiger partial charge on any atom is -0.373 e. The van der Waals surface area contributed by atoms with Crippen molar-refractivity contribution in [3.05, 3.63) is 48.5 Å². The normalized spacial score (nSPS) is 18.1. The summed E-state index contributed by atoms with van der Waals surface area (Å²) in [5, 5.41) is 5.94. The highest BCUT2D eigenvalue weighted by molar-refractivity contribution is 7.90. The minimum absolute atomic E-state index is 0.151. The molecule has 0 atom stereocenters. The Hall–Kier alpha value is -3.02. The first-order valence-corrected chi connectivity index (χ1v) is 11.9. The van der Waals surface area contributed by atoms with Crippen LogP contribution in [0, 0.1) is 23.7 Å². The SMILES string of the molecule is O=S1(=O)NCC#CCNc2ccccc21.O=S1(=O)NCC#CCNc2ccccc21. The van der Waals surface area contributed by atoms with Gasteiger partial charge in [-0.1, -0.05) is 47.9 Å². The van der Waals surface area contributed by atoms with Crippen molar-refractivity contribution in [2.75, 3.05) is 36.8 Å². The van der Waals surface area contributed by atoms with Crippen molar-refractivity contribution >= 4 is 31.4 Å². The minimum atomic E-state index is -3.44. The van der Waals surface area contributed by atoms with Crippen LogP contribution < -0.4 is 20.1 Å².